The van der Waals surface area contributed by atoms with Crippen LogP contribution in [0, 0.1) is 16.4 Å². The van der Waals surface area contributed by atoms with Gasteiger partial charge in [0.1, 0.15) is 18.0 Å². The molecule has 0 aromatic heterocycles. The highest BCUT2D eigenvalue weighted by Gasteiger charge is 2.40. The molecule has 1 aliphatic carbocycles. The molecule has 0 bridgehead atoms. The van der Waals surface area contributed by atoms with E-state index in [2.05, 4.69) is 27.9 Å². The first-order chi connectivity index (χ1) is 17.2. The number of hydrogen-bond acceptors (Lipinski definition) is 5. The first-order valence-electron chi connectivity index (χ1n) is 12.2. The molecule has 0 saturated heterocycles. The van der Waals surface area contributed by atoms with E-state index in [1.54, 1.807) is 11.0 Å². The van der Waals surface area contributed by atoms with Crippen molar-refractivity contribution in [1.82, 2.24) is 10.2 Å². The van der Waals surface area contributed by atoms with Gasteiger partial charge in [-0.25, -0.2) is 0 Å². The topological polar surface area (TPSA) is 99.1 Å². The molecule has 0 radical (unpaired) electrons. The van der Waals surface area contributed by atoms with Crippen LogP contribution in [-0.4, -0.2) is 58.3 Å². The molecule has 0 heterocycles. The van der Waals surface area contributed by atoms with E-state index in [1.165, 1.54) is 0 Å². The van der Waals surface area contributed by atoms with Gasteiger partial charge in [0.2, 0.25) is 11.8 Å². The van der Waals surface area contributed by atoms with Crippen LogP contribution in [-0.2, 0) is 16.1 Å². The molecule has 3 N–H and O–H groups in total. The van der Waals surface area contributed by atoms with Crippen molar-refractivity contribution in [2.24, 2.45) is 5.92 Å². The Labute approximate surface area is 226 Å². The maximum atomic E-state index is 13.5. The van der Waals surface area contributed by atoms with Gasteiger partial charge in [-0.1, -0.05) is 55.8 Å². The molecule has 0 fully saturated rings. The quantitative estimate of drug-likeness (QED) is 0.360. The summed E-state index contributed by atoms with van der Waals surface area (Å²) in [5.74, 6) is 0.302. The van der Waals surface area contributed by atoms with Crippen LogP contribution in [0.4, 0.5) is 0 Å². The normalized spacial score (nSPS) is 19.5. The van der Waals surface area contributed by atoms with Gasteiger partial charge in [0.15, 0.2) is 0 Å². The van der Waals surface area contributed by atoms with Crippen molar-refractivity contribution >= 4 is 34.4 Å². The number of nitrogens with zero attached hydrogens (tertiary/aromatic N) is 1. The van der Waals surface area contributed by atoms with Crippen LogP contribution in [0.3, 0.4) is 0 Å². The van der Waals surface area contributed by atoms with Gasteiger partial charge in [-0.15, -0.1) is 0 Å². The van der Waals surface area contributed by atoms with E-state index in [4.69, 9.17) is 9.84 Å². The van der Waals surface area contributed by atoms with Gasteiger partial charge in [-0.2, -0.15) is 0 Å². The Morgan fingerprint density at radius 2 is 1.86 bits per heavy atom. The summed E-state index contributed by atoms with van der Waals surface area (Å²) in [5, 5.41) is 23.3. The molecule has 2 aromatic carbocycles. The fourth-order valence-corrected chi connectivity index (χ4v) is 4.73. The van der Waals surface area contributed by atoms with Crippen LogP contribution in [0.1, 0.15) is 37.8 Å². The van der Waals surface area contributed by atoms with Crippen molar-refractivity contribution in [3.05, 3.63) is 74.9 Å². The molecule has 2 aromatic rings. The summed E-state index contributed by atoms with van der Waals surface area (Å²) in [4.78, 5) is 28.1. The predicted octanol–water partition coefficient (Wildman–Crippen LogP) is 3.59. The van der Waals surface area contributed by atoms with E-state index >= 15 is 0 Å². The number of aryl methyl sites for hydroxylation is 1. The third kappa shape index (κ3) is 7.54. The molecular weight excluding hydrogens is 571 g/mol. The number of amides is 2. The summed E-state index contributed by atoms with van der Waals surface area (Å²) in [6.45, 7) is 6.22. The number of aliphatic hydroxyl groups is 2. The molecule has 194 valence electrons. The van der Waals surface area contributed by atoms with Gasteiger partial charge in [-0.05, 0) is 59.2 Å². The second kappa shape index (κ2) is 13.2. The van der Waals surface area contributed by atoms with Crippen molar-refractivity contribution in [1.29, 1.82) is 0 Å². The van der Waals surface area contributed by atoms with Crippen LogP contribution in [0.5, 0.6) is 5.75 Å². The lowest BCUT2D eigenvalue weighted by molar-refractivity contribution is -0.140. The molecule has 36 heavy (non-hydrogen) atoms. The maximum Gasteiger partial charge on any atom is 0.247 e. The number of para-hydroxylation sites is 1. The van der Waals surface area contributed by atoms with Crippen LogP contribution in [0.15, 0.2) is 60.2 Å². The van der Waals surface area contributed by atoms with Crippen molar-refractivity contribution < 1.29 is 24.5 Å². The van der Waals surface area contributed by atoms with Crippen molar-refractivity contribution in [3.63, 3.8) is 0 Å². The zero-order valence-corrected chi connectivity index (χ0v) is 23.1. The minimum absolute atomic E-state index is 0.0836. The lowest BCUT2D eigenvalue weighted by Gasteiger charge is -2.41. The van der Waals surface area contributed by atoms with Gasteiger partial charge >= 0.3 is 0 Å². The van der Waals surface area contributed by atoms with E-state index in [0.717, 1.165) is 14.7 Å². The van der Waals surface area contributed by atoms with Crippen molar-refractivity contribution in [3.8, 4) is 5.75 Å². The molecule has 8 heteroatoms. The third-order valence-corrected chi connectivity index (χ3v) is 6.98. The smallest absolute Gasteiger partial charge is 0.247 e. The summed E-state index contributed by atoms with van der Waals surface area (Å²) in [7, 11) is 0. The van der Waals surface area contributed by atoms with Crippen LogP contribution >= 0.6 is 22.6 Å². The maximum absolute atomic E-state index is 13.5. The highest BCUT2D eigenvalue weighted by Crippen LogP contribution is 2.31. The lowest BCUT2D eigenvalue weighted by atomic mass is 9.87. The minimum Gasteiger partial charge on any atom is -0.482 e. The monoisotopic (exact) mass is 606 g/mol. The lowest BCUT2D eigenvalue weighted by Crippen LogP contribution is -2.55. The Bertz CT molecular complexity index is 1070. The summed E-state index contributed by atoms with van der Waals surface area (Å²) < 4.78 is 7.06. The fourth-order valence-electron chi connectivity index (χ4n) is 4.21. The zero-order valence-electron chi connectivity index (χ0n) is 21.0. The standard InChI is InChI=1S/C28H35IN2O5/c1-18(2)14-26(33)31(17-20-10-8-19(3)9-11-20)23-15-21(28(35)30-12-13-32)16-25(27(23)34)36-24-7-5-4-6-22(24)29/h4-11,16,18,23,25,27,32,34H,12-15,17H2,1-3H3,(H,30,35)/t23-,25+,27+/m1/s1. The average molecular weight is 607 g/mol. The van der Waals surface area contributed by atoms with E-state index < -0.39 is 18.2 Å². The molecule has 2 amide bonds. The first-order valence-corrected chi connectivity index (χ1v) is 13.3. The van der Waals surface area contributed by atoms with Crippen LogP contribution in [0.2, 0.25) is 0 Å². The van der Waals surface area contributed by atoms with Crippen molar-refractivity contribution in [2.45, 2.75) is 58.4 Å². The van der Waals surface area contributed by atoms with E-state index in [9.17, 15) is 14.7 Å². The van der Waals surface area contributed by atoms with E-state index in [-0.39, 0.29) is 37.3 Å². The molecule has 3 rings (SSSR count). The summed E-state index contributed by atoms with van der Waals surface area (Å²) >= 11 is 2.16. The summed E-state index contributed by atoms with van der Waals surface area (Å²) in [5.41, 5.74) is 2.48. The van der Waals surface area contributed by atoms with Crippen LogP contribution < -0.4 is 10.1 Å². The Balaban J connectivity index is 1.97. The Morgan fingerprint density at radius 3 is 2.50 bits per heavy atom. The number of ether oxygens (including phenoxy) is 1. The number of halogens is 1. The number of rotatable bonds is 10. The summed E-state index contributed by atoms with van der Waals surface area (Å²) in [6.07, 6.45) is 0.264. The van der Waals surface area contributed by atoms with Crippen molar-refractivity contribution in [2.75, 3.05) is 13.2 Å². The van der Waals surface area contributed by atoms with Crippen LogP contribution in [0.25, 0.3) is 0 Å². The number of nitrogens with one attached hydrogen (secondary N) is 1. The van der Waals surface area contributed by atoms with E-state index in [1.807, 2.05) is 69.3 Å². The highest BCUT2D eigenvalue weighted by atomic mass is 127. The average Bonchev–Trinajstić information content (AvgIpc) is 2.84. The largest absolute Gasteiger partial charge is 0.482 e. The Kier molecular flexibility index (Phi) is 10.3. The second-order valence-corrected chi connectivity index (χ2v) is 10.7. The van der Waals surface area contributed by atoms with Gasteiger partial charge in [-0.3, -0.25) is 9.59 Å². The molecule has 7 nitrogen and oxygen atoms in total. The highest BCUT2D eigenvalue weighted by molar-refractivity contribution is 14.1. The fraction of sp³-hybridized carbons (Fsp3) is 0.429. The van der Waals surface area contributed by atoms with E-state index in [0.29, 0.717) is 24.3 Å². The molecule has 0 saturated carbocycles. The van der Waals surface area contributed by atoms with Gasteiger partial charge in [0.05, 0.1) is 16.2 Å². The molecular formula is C28H35IN2O5. The van der Waals surface area contributed by atoms with Gasteiger partial charge in [0.25, 0.3) is 0 Å². The Morgan fingerprint density at radius 1 is 1.17 bits per heavy atom. The number of benzene rings is 2. The number of aliphatic hydroxyl groups excluding tert-OH is 2. The van der Waals surface area contributed by atoms with Gasteiger partial charge < -0.3 is 25.2 Å². The zero-order chi connectivity index (χ0) is 26.2. The number of hydrogen-bond donors (Lipinski definition) is 3. The number of carbonyl (C=O) groups excluding carboxylic acids is 2. The summed E-state index contributed by atoms with van der Waals surface area (Å²) in [6, 6.07) is 14.7. The number of carbonyl (C=O) groups is 2. The SMILES string of the molecule is Cc1ccc(CN(C(=O)CC(C)C)[C@@H]2CC(C(=O)NCCO)=C[C@H](Oc3ccccc3I)[C@H]2O)cc1. The molecule has 1 aliphatic rings. The molecule has 3 atom stereocenters. The van der Waals surface area contributed by atoms with Gasteiger partial charge in [0, 0.05) is 31.5 Å². The third-order valence-electron chi connectivity index (χ3n) is 6.09. The Hall–Kier alpha value is -2.43. The first kappa shape index (κ1) is 28.1. The molecule has 0 spiro atoms. The second-order valence-electron chi connectivity index (χ2n) is 9.55. The molecule has 0 unspecified atom stereocenters. The minimum atomic E-state index is -1.04. The predicted molar refractivity (Wildman–Crippen MR) is 147 cm³/mol. The molecule has 0 aliphatic heterocycles.